The monoisotopic (exact) mass is 165 g/mol. The highest BCUT2D eigenvalue weighted by atomic mass is 31.1. The van der Waals surface area contributed by atoms with Gasteiger partial charge in [-0.3, -0.25) is 0 Å². The Labute approximate surface area is 64.2 Å². The van der Waals surface area contributed by atoms with Crippen molar-refractivity contribution in [2.45, 2.75) is 26.4 Å². The van der Waals surface area contributed by atoms with Crippen LogP contribution in [0.15, 0.2) is 0 Å². The minimum Gasteiger partial charge on any atom is -0.336 e. The van der Waals surface area contributed by atoms with Crippen LogP contribution < -0.4 is 5.73 Å². The summed E-state index contributed by atoms with van der Waals surface area (Å²) in [6.07, 6.45) is 1.17. The van der Waals surface area contributed by atoms with E-state index in [-0.39, 0.29) is 15.1 Å². The van der Waals surface area contributed by atoms with Crippen LogP contribution in [-0.2, 0) is 9.05 Å². The summed E-state index contributed by atoms with van der Waals surface area (Å²) in [4.78, 5) is 0. The quantitative estimate of drug-likeness (QED) is 0.476. The molecule has 1 unspecified atom stereocenters. The predicted octanol–water partition coefficient (Wildman–Crippen LogP) is 1.29. The average Bonchev–Trinajstić information content (AvgIpc) is 1.87. The fourth-order valence-electron chi connectivity index (χ4n) is 0.327. The highest BCUT2D eigenvalue weighted by Crippen LogP contribution is 2.15. The van der Waals surface area contributed by atoms with Crippen LogP contribution in [0.5, 0.6) is 0 Å². The second-order valence-electron chi connectivity index (χ2n) is 2.24. The summed E-state index contributed by atoms with van der Waals surface area (Å²) in [5, 5.41) is 0. The van der Waals surface area contributed by atoms with Crippen LogP contribution in [0.25, 0.3) is 0 Å². The zero-order chi connectivity index (χ0) is 7.82. The van der Waals surface area contributed by atoms with E-state index in [1.165, 1.54) is 0 Å². The lowest BCUT2D eigenvalue weighted by Crippen LogP contribution is -2.02. The van der Waals surface area contributed by atoms with Crippen molar-refractivity contribution in [1.29, 1.82) is 0 Å². The van der Waals surface area contributed by atoms with Gasteiger partial charge >= 0.3 is 0 Å². The van der Waals surface area contributed by atoms with Crippen LogP contribution in [0.4, 0.5) is 0 Å². The lowest BCUT2D eigenvalue weighted by atomic mass is 10.5. The fourth-order valence-corrected chi connectivity index (χ4v) is 0.816. The lowest BCUT2D eigenvalue weighted by Gasteiger charge is -2.05. The standard InChI is InChI=1S/C6H16NO2P/c1-6(2)9-10-8-5-3-4-7/h6,10H,3-5,7H2,1-2H3. The first-order chi connectivity index (χ1) is 4.77. The molecule has 0 aliphatic carbocycles. The molecular weight excluding hydrogens is 149 g/mol. The molecule has 1 atom stereocenters. The van der Waals surface area contributed by atoms with Crippen molar-refractivity contribution in [2.75, 3.05) is 13.2 Å². The van der Waals surface area contributed by atoms with E-state index >= 15 is 0 Å². The third-order valence-electron chi connectivity index (χ3n) is 0.793. The molecule has 0 aromatic carbocycles. The first-order valence-corrected chi connectivity index (χ1v) is 4.31. The molecule has 0 bridgehead atoms. The molecule has 0 aliphatic heterocycles. The molecular formula is C6H16NO2P. The molecule has 10 heavy (non-hydrogen) atoms. The van der Waals surface area contributed by atoms with Crippen molar-refractivity contribution in [3.05, 3.63) is 0 Å². The van der Waals surface area contributed by atoms with Crippen LogP contribution in [0.2, 0.25) is 0 Å². The van der Waals surface area contributed by atoms with Gasteiger partial charge in [-0.1, -0.05) is 0 Å². The smallest absolute Gasteiger partial charge is 0.155 e. The first kappa shape index (κ1) is 10.3. The highest BCUT2D eigenvalue weighted by Gasteiger charge is 1.91. The van der Waals surface area contributed by atoms with E-state index in [2.05, 4.69) is 0 Å². The number of hydrogen-bond donors (Lipinski definition) is 1. The van der Waals surface area contributed by atoms with E-state index < -0.39 is 0 Å². The van der Waals surface area contributed by atoms with Gasteiger partial charge in [0.25, 0.3) is 0 Å². The molecule has 0 aliphatic rings. The second kappa shape index (κ2) is 7.42. The van der Waals surface area contributed by atoms with Gasteiger partial charge in [-0.25, -0.2) is 0 Å². The van der Waals surface area contributed by atoms with E-state index in [1.807, 2.05) is 13.8 Å². The van der Waals surface area contributed by atoms with Gasteiger partial charge in [-0.15, -0.1) is 0 Å². The molecule has 0 amide bonds. The molecule has 0 rings (SSSR count). The molecule has 0 saturated carbocycles. The topological polar surface area (TPSA) is 44.5 Å². The summed E-state index contributed by atoms with van der Waals surface area (Å²) in [5.74, 6) is 0. The first-order valence-electron chi connectivity index (χ1n) is 3.50. The molecule has 0 saturated heterocycles. The summed E-state index contributed by atoms with van der Waals surface area (Å²) in [6, 6.07) is 0. The second-order valence-corrected chi connectivity index (χ2v) is 2.93. The van der Waals surface area contributed by atoms with Crippen LogP contribution in [0, 0.1) is 0 Å². The zero-order valence-corrected chi connectivity index (χ0v) is 7.59. The Morgan fingerprint density at radius 2 is 2.20 bits per heavy atom. The number of hydrogen-bond acceptors (Lipinski definition) is 3. The van der Waals surface area contributed by atoms with Gasteiger partial charge in [0.2, 0.25) is 0 Å². The molecule has 0 fully saturated rings. The van der Waals surface area contributed by atoms with Gasteiger partial charge in [-0.2, -0.15) is 0 Å². The Morgan fingerprint density at radius 1 is 1.50 bits per heavy atom. The van der Waals surface area contributed by atoms with Crippen LogP contribution >= 0.6 is 9.03 Å². The summed E-state index contributed by atoms with van der Waals surface area (Å²) in [7, 11) is 0.167. The third-order valence-corrected chi connectivity index (χ3v) is 1.68. The predicted molar refractivity (Wildman–Crippen MR) is 44.2 cm³/mol. The third kappa shape index (κ3) is 8.31. The molecule has 0 heterocycles. The van der Waals surface area contributed by atoms with Gasteiger partial charge < -0.3 is 14.8 Å². The Kier molecular flexibility index (Phi) is 7.65. The van der Waals surface area contributed by atoms with Crippen molar-refractivity contribution in [3.8, 4) is 0 Å². The molecule has 62 valence electrons. The molecule has 0 spiro atoms. The summed E-state index contributed by atoms with van der Waals surface area (Å²) in [5.41, 5.74) is 5.25. The Balaban J connectivity index is 2.77. The van der Waals surface area contributed by atoms with Gasteiger partial charge in [0.05, 0.1) is 12.7 Å². The molecule has 0 radical (unpaired) electrons. The van der Waals surface area contributed by atoms with E-state index in [1.54, 1.807) is 0 Å². The molecule has 4 heteroatoms. The molecule has 2 N–H and O–H groups in total. The zero-order valence-electron chi connectivity index (χ0n) is 6.59. The Bertz CT molecular complexity index is 70.8. The van der Waals surface area contributed by atoms with Gasteiger partial charge in [0.1, 0.15) is 0 Å². The Hall–Kier alpha value is 0.310. The molecule has 0 aromatic rings. The van der Waals surface area contributed by atoms with E-state index in [0.29, 0.717) is 13.2 Å². The van der Waals surface area contributed by atoms with E-state index in [4.69, 9.17) is 14.8 Å². The summed E-state index contributed by atoms with van der Waals surface area (Å²) in [6.45, 7) is 5.37. The SMILES string of the molecule is CC(C)OPOCCCN. The van der Waals surface area contributed by atoms with Crippen LogP contribution in [0.3, 0.4) is 0 Å². The lowest BCUT2D eigenvalue weighted by molar-refractivity contribution is 0.220. The highest BCUT2D eigenvalue weighted by molar-refractivity contribution is 7.26. The van der Waals surface area contributed by atoms with Crippen molar-refractivity contribution < 1.29 is 9.05 Å². The normalized spacial score (nSPS) is 12.0. The fraction of sp³-hybridized carbons (Fsp3) is 1.00. The minimum atomic E-state index is 0.167. The maximum Gasteiger partial charge on any atom is 0.155 e. The Morgan fingerprint density at radius 3 is 2.70 bits per heavy atom. The largest absolute Gasteiger partial charge is 0.336 e. The average molecular weight is 165 g/mol. The van der Waals surface area contributed by atoms with Crippen molar-refractivity contribution in [3.63, 3.8) is 0 Å². The number of rotatable bonds is 6. The van der Waals surface area contributed by atoms with Gasteiger partial charge in [-0.05, 0) is 26.8 Å². The molecule has 0 aromatic heterocycles. The van der Waals surface area contributed by atoms with Gasteiger partial charge in [0.15, 0.2) is 9.03 Å². The number of nitrogens with two attached hydrogens (primary N) is 1. The van der Waals surface area contributed by atoms with Crippen molar-refractivity contribution in [1.82, 2.24) is 0 Å². The maximum absolute atomic E-state index is 5.25. The van der Waals surface area contributed by atoms with Crippen molar-refractivity contribution >= 4 is 9.03 Å². The molecule has 3 nitrogen and oxygen atoms in total. The van der Waals surface area contributed by atoms with E-state index in [9.17, 15) is 0 Å². The minimum absolute atomic E-state index is 0.167. The van der Waals surface area contributed by atoms with Crippen LogP contribution in [-0.4, -0.2) is 19.3 Å². The summed E-state index contributed by atoms with van der Waals surface area (Å²) >= 11 is 0. The van der Waals surface area contributed by atoms with Crippen molar-refractivity contribution in [2.24, 2.45) is 5.73 Å². The van der Waals surface area contributed by atoms with Gasteiger partial charge in [0, 0.05) is 0 Å². The summed E-state index contributed by atoms with van der Waals surface area (Å²) < 4.78 is 10.3. The van der Waals surface area contributed by atoms with E-state index in [0.717, 1.165) is 6.42 Å². The van der Waals surface area contributed by atoms with Crippen LogP contribution in [0.1, 0.15) is 20.3 Å². The maximum atomic E-state index is 5.25.